The maximum atomic E-state index is 12.7. The number of anilines is 1. The van der Waals surface area contributed by atoms with E-state index in [2.05, 4.69) is 0 Å². The fraction of sp³-hybridized carbons (Fsp3) is 0.571. The zero-order valence-corrected chi connectivity index (χ0v) is 12.9. The molecule has 0 saturated carbocycles. The average Bonchev–Trinajstić information content (AvgIpc) is 2.87. The van der Waals surface area contributed by atoms with Crippen LogP contribution in [0.3, 0.4) is 0 Å². The molecule has 1 aromatic rings. The Hall–Kier alpha value is -0.720. The highest BCUT2D eigenvalue weighted by atomic mass is 32.2. The molecule has 2 saturated heterocycles. The molecule has 6 heteroatoms. The van der Waals surface area contributed by atoms with Crippen molar-refractivity contribution in [2.75, 3.05) is 23.8 Å². The van der Waals surface area contributed by atoms with Crippen LogP contribution in [0.1, 0.15) is 19.3 Å². The lowest BCUT2D eigenvalue weighted by atomic mass is 9.93. The van der Waals surface area contributed by atoms with Crippen molar-refractivity contribution in [3.8, 4) is 0 Å². The summed E-state index contributed by atoms with van der Waals surface area (Å²) in [6, 6.07) is 6.51. The van der Waals surface area contributed by atoms with E-state index in [1.54, 1.807) is 24.3 Å². The van der Waals surface area contributed by atoms with Gasteiger partial charge in [0.25, 0.3) is 0 Å². The molecule has 2 N–H and O–H groups in total. The second-order valence-electron chi connectivity index (χ2n) is 5.56. The quantitative estimate of drug-likeness (QED) is 0.847. The Morgan fingerprint density at radius 3 is 2.70 bits per heavy atom. The van der Waals surface area contributed by atoms with Crippen molar-refractivity contribution in [3.63, 3.8) is 0 Å². The number of sulfone groups is 1. The summed E-state index contributed by atoms with van der Waals surface area (Å²) in [6.45, 7) is 0.541. The minimum atomic E-state index is -3.29. The Morgan fingerprint density at radius 1 is 1.30 bits per heavy atom. The summed E-state index contributed by atoms with van der Waals surface area (Å²) in [6.07, 6.45) is 2.16. The first-order chi connectivity index (χ1) is 9.52. The van der Waals surface area contributed by atoms with Crippen molar-refractivity contribution < 1.29 is 13.2 Å². The summed E-state index contributed by atoms with van der Waals surface area (Å²) in [5, 5.41) is -0.335. The molecule has 0 aromatic heterocycles. The van der Waals surface area contributed by atoms with Crippen LogP contribution in [0.2, 0.25) is 0 Å². The van der Waals surface area contributed by atoms with E-state index in [0.29, 0.717) is 30.0 Å². The maximum absolute atomic E-state index is 12.7. The molecule has 2 heterocycles. The number of rotatable bonds is 2. The smallest absolute Gasteiger partial charge is 0.181 e. The van der Waals surface area contributed by atoms with E-state index >= 15 is 0 Å². The molecule has 2 fully saturated rings. The maximum Gasteiger partial charge on any atom is 0.181 e. The molecule has 1 aromatic carbocycles. The Bertz CT molecular complexity index is 577. The third-order valence-corrected chi connectivity index (χ3v) is 7.59. The summed E-state index contributed by atoms with van der Waals surface area (Å²) in [5.41, 5.74) is 5.99. The second kappa shape index (κ2) is 5.24. The summed E-state index contributed by atoms with van der Waals surface area (Å²) in [4.78, 5) is 0.374. The van der Waals surface area contributed by atoms with E-state index in [4.69, 9.17) is 10.5 Å². The third-order valence-electron chi connectivity index (χ3n) is 4.16. The van der Waals surface area contributed by atoms with Crippen LogP contribution in [0.25, 0.3) is 0 Å². The van der Waals surface area contributed by atoms with Gasteiger partial charge in [0.05, 0.1) is 15.7 Å². The molecular weight excluding hydrogens is 294 g/mol. The summed E-state index contributed by atoms with van der Waals surface area (Å²) >= 11 is 1.85. The molecule has 20 heavy (non-hydrogen) atoms. The standard InChI is InChI=1S/C14H19NO3S2/c15-11-1-3-12(4-2-11)20(16,17)13-5-7-18-14(9-13)6-8-19-10-14/h1-4,13H,5-10,15H2. The van der Waals surface area contributed by atoms with Crippen LogP contribution < -0.4 is 5.73 Å². The number of nitrogen functional groups attached to an aromatic ring is 1. The number of hydrogen-bond donors (Lipinski definition) is 1. The number of ether oxygens (including phenoxy) is 1. The van der Waals surface area contributed by atoms with Gasteiger partial charge in [-0.05, 0) is 49.3 Å². The summed E-state index contributed by atoms with van der Waals surface area (Å²) < 4.78 is 31.4. The zero-order chi connectivity index (χ0) is 14.2. The highest BCUT2D eigenvalue weighted by molar-refractivity contribution is 7.99. The van der Waals surface area contributed by atoms with E-state index in [1.807, 2.05) is 11.8 Å². The number of hydrogen-bond acceptors (Lipinski definition) is 5. The van der Waals surface area contributed by atoms with Crippen LogP contribution in [-0.2, 0) is 14.6 Å². The van der Waals surface area contributed by atoms with E-state index < -0.39 is 9.84 Å². The van der Waals surface area contributed by atoms with Crippen molar-refractivity contribution >= 4 is 27.3 Å². The molecule has 0 aliphatic carbocycles. The molecule has 4 nitrogen and oxygen atoms in total. The third kappa shape index (κ3) is 2.56. The van der Waals surface area contributed by atoms with Gasteiger partial charge < -0.3 is 10.5 Å². The molecular formula is C14H19NO3S2. The van der Waals surface area contributed by atoms with Gasteiger partial charge in [-0.15, -0.1) is 0 Å². The van der Waals surface area contributed by atoms with Gasteiger partial charge in [-0.25, -0.2) is 8.42 Å². The van der Waals surface area contributed by atoms with E-state index in [0.717, 1.165) is 17.9 Å². The highest BCUT2D eigenvalue weighted by Crippen LogP contribution is 2.41. The van der Waals surface area contributed by atoms with Gasteiger partial charge in [0.15, 0.2) is 9.84 Å². The van der Waals surface area contributed by atoms with E-state index in [9.17, 15) is 8.42 Å². The van der Waals surface area contributed by atoms with Gasteiger partial charge in [0, 0.05) is 18.0 Å². The molecule has 2 unspecified atom stereocenters. The van der Waals surface area contributed by atoms with E-state index in [1.165, 1.54) is 0 Å². The van der Waals surface area contributed by atoms with Crippen molar-refractivity contribution in [1.82, 2.24) is 0 Å². The Labute approximate surface area is 124 Å². The van der Waals surface area contributed by atoms with Crippen molar-refractivity contribution in [3.05, 3.63) is 24.3 Å². The number of nitrogens with two attached hydrogens (primary N) is 1. The average molecular weight is 313 g/mol. The Morgan fingerprint density at radius 2 is 2.05 bits per heavy atom. The molecule has 0 radical (unpaired) electrons. The lowest BCUT2D eigenvalue weighted by Gasteiger charge is -2.37. The number of thioether (sulfide) groups is 1. The first-order valence-corrected chi connectivity index (χ1v) is 9.53. The van der Waals surface area contributed by atoms with Gasteiger partial charge in [-0.3, -0.25) is 0 Å². The topological polar surface area (TPSA) is 69.4 Å². The molecule has 2 aliphatic heterocycles. The van der Waals surface area contributed by atoms with Crippen molar-refractivity contribution in [1.29, 1.82) is 0 Å². The summed E-state index contributed by atoms with van der Waals surface area (Å²) in [7, 11) is -3.29. The monoisotopic (exact) mass is 313 g/mol. The van der Waals surface area contributed by atoms with Gasteiger partial charge in [0.1, 0.15) is 0 Å². The molecule has 0 amide bonds. The van der Waals surface area contributed by atoms with Crippen molar-refractivity contribution in [2.24, 2.45) is 0 Å². The number of benzene rings is 1. The van der Waals surface area contributed by atoms with Gasteiger partial charge in [0.2, 0.25) is 0 Å². The molecule has 2 aliphatic rings. The predicted molar refractivity (Wildman–Crippen MR) is 81.7 cm³/mol. The minimum absolute atomic E-state index is 0.214. The zero-order valence-electron chi connectivity index (χ0n) is 11.2. The lowest BCUT2D eigenvalue weighted by Crippen LogP contribution is -2.44. The normalized spacial score (nSPS) is 30.7. The molecule has 0 bridgehead atoms. The van der Waals surface area contributed by atoms with Crippen molar-refractivity contribution in [2.45, 2.75) is 35.0 Å². The minimum Gasteiger partial charge on any atom is -0.399 e. The summed E-state index contributed by atoms with van der Waals surface area (Å²) in [5.74, 6) is 1.98. The van der Waals surface area contributed by atoms with Crippen LogP contribution in [-0.4, -0.2) is 37.4 Å². The molecule has 2 atom stereocenters. The SMILES string of the molecule is Nc1ccc(S(=O)(=O)C2CCOC3(CCSC3)C2)cc1. The van der Waals surface area contributed by atoms with Gasteiger partial charge in [-0.1, -0.05) is 0 Å². The van der Waals surface area contributed by atoms with E-state index in [-0.39, 0.29) is 10.9 Å². The van der Waals surface area contributed by atoms with Crippen LogP contribution in [0.15, 0.2) is 29.2 Å². The predicted octanol–water partition coefficient (Wildman–Crippen LogP) is 2.10. The Kier molecular flexibility index (Phi) is 3.73. The van der Waals surface area contributed by atoms with Crippen LogP contribution >= 0.6 is 11.8 Å². The Balaban J connectivity index is 1.85. The van der Waals surface area contributed by atoms with Crippen LogP contribution in [0.4, 0.5) is 5.69 Å². The van der Waals surface area contributed by atoms with Gasteiger partial charge >= 0.3 is 0 Å². The van der Waals surface area contributed by atoms with Crippen LogP contribution in [0.5, 0.6) is 0 Å². The second-order valence-corrected chi connectivity index (χ2v) is 8.90. The first-order valence-electron chi connectivity index (χ1n) is 6.83. The molecule has 3 rings (SSSR count). The fourth-order valence-corrected chi connectivity index (χ4v) is 6.17. The highest BCUT2D eigenvalue weighted by Gasteiger charge is 2.44. The molecule has 110 valence electrons. The fourth-order valence-electron chi connectivity index (χ4n) is 2.96. The van der Waals surface area contributed by atoms with Gasteiger partial charge in [-0.2, -0.15) is 11.8 Å². The lowest BCUT2D eigenvalue weighted by molar-refractivity contribution is -0.0572. The largest absolute Gasteiger partial charge is 0.399 e. The molecule has 1 spiro atoms. The van der Waals surface area contributed by atoms with Crippen LogP contribution in [0, 0.1) is 0 Å². The first kappa shape index (κ1) is 14.2.